The largest absolute Gasteiger partial charge is 0.311 e. The molecule has 0 aliphatic rings. The van der Waals surface area contributed by atoms with E-state index in [2.05, 4.69) is 9.98 Å². The maximum absolute atomic E-state index is 7.15. The molecule has 1 aromatic rings. The summed E-state index contributed by atoms with van der Waals surface area (Å²) in [4.78, 5) is 8.00. The van der Waals surface area contributed by atoms with Crippen LogP contribution in [-0.2, 0) is 0 Å². The molecular weight excluding hydrogens is 150 g/mol. The molecule has 0 spiro atoms. The van der Waals surface area contributed by atoms with Gasteiger partial charge in [0.15, 0.2) is 0 Å². The second-order valence-corrected chi connectivity index (χ2v) is 2.29. The van der Waals surface area contributed by atoms with E-state index in [4.69, 9.17) is 6.78 Å². The second-order valence-electron chi connectivity index (χ2n) is 2.29. The number of hydrogen-bond donors (Lipinski definition) is 1. The highest BCUT2D eigenvalue weighted by Crippen LogP contribution is 1.96. The van der Waals surface area contributed by atoms with Gasteiger partial charge in [-0.05, 0) is 24.6 Å². The smallest absolute Gasteiger partial charge is 0.0810 e. The minimum Gasteiger partial charge on any atom is -0.311 e. The van der Waals surface area contributed by atoms with Gasteiger partial charge in [-0.25, -0.2) is 0 Å². The van der Waals surface area contributed by atoms with Crippen molar-refractivity contribution in [1.82, 2.24) is 4.98 Å². The van der Waals surface area contributed by atoms with Gasteiger partial charge >= 0.3 is 0 Å². The molecular formula is C9H11N3. The summed E-state index contributed by atoms with van der Waals surface area (Å²) in [7, 11) is 0. The van der Waals surface area contributed by atoms with Crippen LogP contribution in [0.3, 0.4) is 0 Å². The average Bonchev–Trinajstić information content (AvgIpc) is 2.19. The number of nitrogens with zero attached hydrogens (tertiary/aromatic N) is 2. The summed E-state index contributed by atoms with van der Waals surface area (Å²) >= 11 is 0. The van der Waals surface area contributed by atoms with Gasteiger partial charge in [0, 0.05) is 20.0 Å². The average molecular weight is 163 g/mol. The minimum atomic E-state index is 0.258. The predicted molar refractivity (Wildman–Crippen MR) is 50.2 cm³/mol. The van der Waals surface area contributed by atoms with Crippen molar-refractivity contribution < 1.29 is 1.37 Å². The van der Waals surface area contributed by atoms with Crippen molar-refractivity contribution in [2.75, 3.05) is 6.54 Å². The normalized spacial score (nSPS) is 11.5. The van der Waals surface area contributed by atoms with Crippen LogP contribution in [0.5, 0.6) is 0 Å². The highest BCUT2D eigenvalue weighted by Gasteiger charge is 1.87. The molecule has 0 saturated carbocycles. The fourth-order valence-electron chi connectivity index (χ4n) is 0.764. The molecule has 0 amide bonds. The monoisotopic (exact) mass is 163 g/mol. The van der Waals surface area contributed by atoms with E-state index in [0.29, 0.717) is 6.54 Å². The number of hydrogen-bond acceptors (Lipinski definition) is 3. The Bertz CT molecular complexity index is 309. The van der Waals surface area contributed by atoms with Gasteiger partial charge in [-0.1, -0.05) is 0 Å². The lowest BCUT2D eigenvalue weighted by atomic mass is 10.2. The van der Waals surface area contributed by atoms with Crippen LogP contribution >= 0.6 is 0 Å². The number of nitrogens with one attached hydrogen (secondary N) is 1. The summed E-state index contributed by atoms with van der Waals surface area (Å²) < 4.78 is 7.15. The molecule has 1 N–H and O–H groups in total. The Morgan fingerprint density at radius 1 is 1.83 bits per heavy atom. The number of pyridine rings is 1. The highest BCUT2D eigenvalue weighted by atomic mass is 14.7. The van der Waals surface area contributed by atoms with Crippen LogP contribution in [0.25, 0.3) is 0 Å². The lowest BCUT2D eigenvalue weighted by molar-refractivity contribution is 1.24. The minimum absolute atomic E-state index is 0.258. The zero-order valence-corrected chi connectivity index (χ0v) is 6.70. The molecule has 1 aromatic heterocycles. The summed E-state index contributed by atoms with van der Waals surface area (Å²) in [6.45, 7) is 0.640. The summed E-state index contributed by atoms with van der Waals surface area (Å²) in [6.07, 6.45) is 4.50. The van der Waals surface area contributed by atoms with E-state index in [1.54, 1.807) is 18.5 Å². The van der Waals surface area contributed by atoms with E-state index in [9.17, 15) is 0 Å². The zero-order valence-electron chi connectivity index (χ0n) is 7.70. The van der Waals surface area contributed by atoms with Gasteiger partial charge in [0.05, 0.1) is 12.2 Å². The first-order valence-electron chi connectivity index (χ1n) is 4.30. The van der Waals surface area contributed by atoms with Crippen molar-refractivity contribution in [3.63, 3.8) is 0 Å². The molecule has 0 aliphatic carbocycles. The molecule has 0 saturated heterocycles. The van der Waals surface area contributed by atoms with Crippen LogP contribution in [0.2, 0.25) is 0 Å². The first kappa shape index (κ1) is 7.16. The van der Waals surface area contributed by atoms with Crippen LogP contribution < -0.4 is 0 Å². The van der Waals surface area contributed by atoms with E-state index in [1.165, 1.54) is 6.21 Å². The van der Waals surface area contributed by atoms with E-state index in [0.717, 1.165) is 11.3 Å². The molecule has 0 bridgehead atoms. The number of rotatable bonds is 3. The quantitative estimate of drug-likeness (QED) is 0.674. The van der Waals surface area contributed by atoms with Gasteiger partial charge in [-0.3, -0.25) is 9.98 Å². The topological polar surface area (TPSA) is 49.1 Å². The number of aliphatic imine (C=N–C) groups is 1. The predicted octanol–water partition coefficient (Wildman–Crippen LogP) is 1.46. The summed E-state index contributed by atoms with van der Waals surface area (Å²) in [6, 6.07) is 3.63. The molecule has 1 rings (SSSR count). The van der Waals surface area contributed by atoms with Gasteiger partial charge in [0.1, 0.15) is 0 Å². The molecule has 1 heterocycles. The molecule has 0 fully saturated rings. The molecule has 0 aliphatic heterocycles. The van der Waals surface area contributed by atoms with Crippen molar-refractivity contribution in [2.45, 2.75) is 6.90 Å². The fourth-order valence-corrected chi connectivity index (χ4v) is 0.764. The molecule has 0 atom stereocenters. The third-order valence-corrected chi connectivity index (χ3v) is 1.27. The van der Waals surface area contributed by atoms with Gasteiger partial charge in [0.2, 0.25) is 0 Å². The first-order valence-corrected chi connectivity index (χ1v) is 3.59. The molecule has 12 heavy (non-hydrogen) atoms. The van der Waals surface area contributed by atoms with Gasteiger partial charge < -0.3 is 5.41 Å². The SMILES string of the molecule is [3H]Cc1ccnc(/C=N/CC=N)c1. The standard InChI is InChI=1S/C9H11N3/c1-8-2-4-12-9(6-8)7-11-5-3-10/h2-4,6-7,10H,5H2,1H3/b10-3?,11-7+/i1T. The summed E-state index contributed by atoms with van der Waals surface area (Å²) in [5, 5.41) is 6.76. The van der Waals surface area contributed by atoms with Gasteiger partial charge in [0.25, 0.3) is 0 Å². The molecule has 3 nitrogen and oxygen atoms in total. The van der Waals surface area contributed by atoms with Crippen LogP contribution in [0, 0.1) is 12.3 Å². The zero-order chi connectivity index (χ0) is 9.52. The summed E-state index contributed by atoms with van der Waals surface area (Å²) in [5.74, 6) is 0. The Labute approximate surface area is 73.1 Å². The lowest BCUT2D eigenvalue weighted by Crippen LogP contribution is -1.89. The number of aromatic nitrogens is 1. The van der Waals surface area contributed by atoms with Crippen LogP contribution in [0.1, 0.15) is 12.6 Å². The van der Waals surface area contributed by atoms with Crippen LogP contribution in [0.4, 0.5) is 0 Å². The third-order valence-electron chi connectivity index (χ3n) is 1.27. The molecule has 0 radical (unpaired) electrons. The molecule has 0 aromatic carbocycles. The maximum atomic E-state index is 7.15. The van der Waals surface area contributed by atoms with Crippen molar-refractivity contribution >= 4 is 12.4 Å². The van der Waals surface area contributed by atoms with E-state index in [1.807, 2.05) is 6.07 Å². The van der Waals surface area contributed by atoms with Crippen molar-refractivity contribution in [3.05, 3.63) is 29.6 Å². The maximum Gasteiger partial charge on any atom is 0.0810 e. The first-order chi connectivity index (χ1) is 6.36. The van der Waals surface area contributed by atoms with Crippen molar-refractivity contribution in [1.29, 1.82) is 5.41 Å². The molecule has 62 valence electrons. The molecule has 3 heteroatoms. The third kappa shape index (κ3) is 2.62. The van der Waals surface area contributed by atoms with Crippen molar-refractivity contribution in [3.8, 4) is 0 Å². The fraction of sp³-hybridized carbons (Fsp3) is 0.222. The Morgan fingerprint density at radius 3 is 3.50 bits per heavy atom. The van der Waals surface area contributed by atoms with Gasteiger partial charge in [-0.15, -0.1) is 0 Å². The van der Waals surface area contributed by atoms with Gasteiger partial charge in [-0.2, -0.15) is 0 Å². The van der Waals surface area contributed by atoms with Crippen LogP contribution in [0.15, 0.2) is 23.3 Å². The summed E-state index contributed by atoms with van der Waals surface area (Å²) in [5.41, 5.74) is 1.66. The van der Waals surface area contributed by atoms with E-state index < -0.39 is 0 Å². The second kappa shape index (κ2) is 4.38. The van der Waals surface area contributed by atoms with Crippen molar-refractivity contribution in [2.24, 2.45) is 4.99 Å². The van der Waals surface area contributed by atoms with Crippen LogP contribution in [-0.4, -0.2) is 24.0 Å². The highest BCUT2D eigenvalue weighted by molar-refractivity contribution is 5.78. The lowest BCUT2D eigenvalue weighted by Gasteiger charge is -1.92. The molecule has 0 unspecified atom stereocenters. The Hall–Kier alpha value is -1.51. The van der Waals surface area contributed by atoms with E-state index >= 15 is 0 Å². The Morgan fingerprint density at radius 2 is 2.75 bits per heavy atom. The Balaban J connectivity index is 2.71. The van der Waals surface area contributed by atoms with E-state index in [-0.39, 0.29) is 6.90 Å². The number of aryl methyl sites for hydroxylation is 1. The Kier molecular flexibility index (Phi) is 2.61.